The van der Waals surface area contributed by atoms with E-state index in [1.807, 2.05) is 6.07 Å². The van der Waals surface area contributed by atoms with Crippen LogP contribution >= 0.6 is 0 Å². The van der Waals surface area contributed by atoms with Crippen molar-refractivity contribution >= 4 is 10.9 Å². The van der Waals surface area contributed by atoms with Gasteiger partial charge in [0.1, 0.15) is 5.75 Å². The molecule has 0 atom stereocenters. The first-order chi connectivity index (χ1) is 11.8. The molecule has 3 rings (SSSR count). The molecule has 0 bridgehead atoms. The molecule has 0 aliphatic rings. The van der Waals surface area contributed by atoms with Crippen LogP contribution in [0.3, 0.4) is 0 Å². The van der Waals surface area contributed by atoms with Crippen molar-refractivity contribution in [3.05, 3.63) is 59.7 Å². The summed E-state index contributed by atoms with van der Waals surface area (Å²) in [6.07, 6.45) is 4.37. The number of hydrogen-bond acceptors (Lipinski definition) is 2. The van der Waals surface area contributed by atoms with Crippen molar-refractivity contribution < 1.29 is 4.74 Å². The van der Waals surface area contributed by atoms with Gasteiger partial charge in [-0.3, -0.25) is 0 Å². The van der Waals surface area contributed by atoms with Gasteiger partial charge in [-0.15, -0.1) is 0 Å². The van der Waals surface area contributed by atoms with Crippen LogP contribution in [0.1, 0.15) is 37.8 Å². The van der Waals surface area contributed by atoms with Crippen LogP contribution < -0.4 is 4.74 Å². The molecule has 0 saturated carbocycles. The first kappa shape index (κ1) is 16.5. The average molecular weight is 319 g/mol. The summed E-state index contributed by atoms with van der Waals surface area (Å²) in [5, 5.41) is 1.24. The molecule has 0 aliphatic carbocycles. The number of nitrogens with zero attached hydrogens (tertiary/aromatic N) is 1. The van der Waals surface area contributed by atoms with Crippen molar-refractivity contribution in [2.24, 2.45) is 0 Å². The van der Waals surface area contributed by atoms with Gasteiger partial charge in [0, 0.05) is 10.9 Å². The summed E-state index contributed by atoms with van der Waals surface area (Å²) in [5.41, 5.74) is 6.22. The highest BCUT2D eigenvalue weighted by molar-refractivity contribution is 5.88. The Hall–Kier alpha value is -2.35. The zero-order chi connectivity index (χ0) is 16.9. The second-order valence-electron chi connectivity index (χ2n) is 6.17. The summed E-state index contributed by atoms with van der Waals surface area (Å²) in [6, 6.07) is 16.8. The summed E-state index contributed by atoms with van der Waals surface area (Å²) in [7, 11) is 1.72. The molecule has 1 aromatic heterocycles. The van der Waals surface area contributed by atoms with E-state index in [-0.39, 0.29) is 0 Å². The third-order valence-electron chi connectivity index (χ3n) is 4.46. The predicted molar refractivity (Wildman–Crippen MR) is 102 cm³/mol. The molecule has 0 aliphatic heterocycles. The Kier molecular flexibility index (Phi) is 5.14. The predicted octanol–water partition coefficient (Wildman–Crippen LogP) is 5.82. The van der Waals surface area contributed by atoms with Crippen LogP contribution in [0.2, 0.25) is 0 Å². The standard InChI is InChI=1S/C22H25NO/c1-4-9-18-19(10-5-2)22(16-11-7-6-8-12-16)23-21-14-13-17(24-3)15-20(18)21/h6-8,11-15H,4-5,9-10H2,1-3H3. The molecular formula is C22H25NO. The van der Waals surface area contributed by atoms with Gasteiger partial charge in [0.25, 0.3) is 0 Å². The number of aromatic nitrogens is 1. The summed E-state index contributed by atoms with van der Waals surface area (Å²) < 4.78 is 5.44. The molecular weight excluding hydrogens is 294 g/mol. The van der Waals surface area contributed by atoms with Gasteiger partial charge in [-0.25, -0.2) is 4.98 Å². The van der Waals surface area contributed by atoms with E-state index >= 15 is 0 Å². The Morgan fingerprint density at radius 1 is 0.875 bits per heavy atom. The first-order valence-corrected chi connectivity index (χ1v) is 8.83. The molecule has 0 unspecified atom stereocenters. The van der Waals surface area contributed by atoms with Crippen LogP contribution in [0.25, 0.3) is 22.2 Å². The number of ether oxygens (including phenoxy) is 1. The highest BCUT2D eigenvalue weighted by atomic mass is 16.5. The van der Waals surface area contributed by atoms with Gasteiger partial charge in [0.15, 0.2) is 0 Å². The maximum atomic E-state index is 5.44. The van der Waals surface area contributed by atoms with Gasteiger partial charge in [0.05, 0.1) is 18.3 Å². The first-order valence-electron chi connectivity index (χ1n) is 8.83. The van der Waals surface area contributed by atoms with Gasteiger partial charge in [-0.2, -0.15) is 0 Å². The van der Waals surface area contributed by atoms with Crippen LogP contribution in [-0.4, -0.2) is 12.1 Å². The highest BCUT2D eigenvalue weighted by Crippen LogP contribution is 2.33. The summed E-state index contributed by atoms with van der Waals surface area (Å²) >= 11 is 0. The Labute approximate surface area is 144 Å². The lowest BCUT2D eigenvalue weighted by atomic mass is 9.91. The maximum absolute atomic E-state index is 5.44. The van der Waals surface area contributed by atoms with Gasteiger partial charge < -0.3 is 4.74 Å². The number of methoxy groups -OCH3 is 1. The Morgan fingerprint density at radius 3 is 2.25 bits per heavy atom. The van der Waals surface area contributed by atoms with E-state index in [1.165, 1.54) is 22.1 Å². The molecule has 0 fully saturated rings. The molecule has 124 valence electrons. The Balaban J connectivity index is 2.33. The molecule has 0 saturated heterocycles. The van der Waals surface area contributed by atoms with Crippen LogP contribution in [-0.2, 0) is 12.8 Å². The van der Waals surface area contributed by atoms with E-state index in [0.717, 1.165) is 42.6 Å². The minimum absolute atomic E-state index is 0.900. The normalized spacial score (nSPS) is 11.0. The zero-order valence-electron chi connectivity index (χ0n) is 14.8. The van der Waals surface area contributed by atoms with Crippen molar-refractivity contribution in [3.63, 3.8) is 0 Å². The zero-order valence-corrected chi connectivity index (χ0v) is 14.8. The smallest absolute Gasteiger partial charge is 0.119 e. The van der Waals surface area contributed by atoms with Gasteiger partial charge in [-0.1, -0.05) is 57.0 Å². The summed E-state index contributed by atoms with van der Waals surface area (Å²) in [5.74, 6) is 0.900. The highest BCUT2D eigenvalue weighted by Gasteiger charge is 2.16. The lowest BCUT2D eigenvalue weighted by molar-refractivity contribution is 0.415. The van der Waals surface area contributed by atoms with Crippen LogP contribution in [0.4, 0.5) is 0 Å². The van der Waals surface area contributed by atoms with E-state index in [1.54, 1.807) is 7.11 Å². The van der Waals surface area contributed by atoms with E-state index in [9.17, 15) is 0 Å². The minimum atomic E-state index is 0.900. The van der Waals surface area contributed by atoms with E-state index in [4.69, 9.17) is 9.72 Å². The van der Waals surface area contributed by atoms with E-state index < -0.39 is 0 Å². The van der Waals surface area contributed by atoms with Crippen molar-refractivity contribution in [2.75, 3.05) is 7.11 Å². The number of fused-ring (bicyclic) bond motifs is 1. The third-order valence-corrected chi connectivity index (χ3v) is 4.46. The van der Waals surface area contributed by atoms with Crippen molar-refractivity contribution in [1.82, 2.24) is 4.98 Å². The van der Waals surface area contributed by atoms with Gasteiger partial charge in [-0.05, 0) is 42.2 Å². The number of hydrogen-bond donors (Lipinski definition) is 0. The molecule has 2 nitrogen and oxygen atoms in total. The number of rotatable bonds is 6. The second kappa shape index (κ2) is 7.48. The monoisotopic (exact) mass is 319 g/mol. The largest absolute Gasteiger partial charge is 0.497 e. The Morgan fingerprint density at radius 2 is 1.58 bits per heavy atom. The summed E-state index contributed by atoms with van der Waals surface area (Å²) in [6.45, 7) is 4.48. The van der Waals surface area contributed by atoms with Gasteiger partial charge >= 0.3 is 0 Å². The maximum Gasteiger partial charge on any atom is 0.119 e. The molecule has 0 amide bonds. The fourth-order valence-electron chi connectivity index (χ4n) is 3.36. The van der Waals surface area contributed by atoms with Crippen molar-refractivity contribution in [3.8, 4) is 17.0 Å². The molecule has 0 N–H and O–H groups in total. The van der Waals surface area contributed by atoms with Crippen molar-refractivity contribution in [1.29, 1.82) is 0 Å². The molecule has 2 aromatic carbocycles. The van der Waals surface area contributed by atoms with E-state index in [2.05, 4.69) is 56.3 Å². The van der Waals surface area contributed by atoms with E-state index in [0.29, 0.717) is 0 Å². The van der Waals surface area contributed by atoms with Crippen LogP contribution in [0.5, 0.6) is 5.75 Å². The average Bonchev–Trinajstić information content (AvgIpc) is 2.64. The fraction of sp³-hybridized carbons (Fsp3) is 0.318. The SMILES string of the molecule is CCCc1c(-c2ccccc2)nc2ccc(OC)cc2c1CCC. The minimum Gasteiger partial charge on any atom is -0.497 e. The van der Waals surface area contributed by atoms with Gasteiger partial charge in [0.2, 0.25) is 0 Å². The fourth-order valence-corrected chi connectivity index (χ4v) is 3.36. The second-order valence-corrected chi connectivity index (χ2v) is 6.17. The third kappa shape index (κ3) is 3.14. The lowest BCUT2D eigenvalue weighted by Crippen LogP contribution is -2.02. The molecule has 1 heterocycles. The number of benzene rings is 2. The van der Waals surface area contributed by atoms with Crippen LogP contribution in [0.15, 0.2) is 48.5 Å². The quantitative estimate of drug-likeness (QED) is 0.571. The number of aryl methyl sites for hydroxylation is 1. The molecule has 2 heteroatoms. The Bertz CT molecular complexity index is 824. The van der Waals surface area contributed by atoms with Crippen LogP contribution in [0, 0.1) is 0 Å². The molecule has 0 spiro atoms. The number of pyridine rings is 1. The molecule has 0 radical (unpaired) electrons. The lowest BCUT2D eigenvalue weighted by Gasteiger charge is -2.17. The summed E-state index contributed by atoms with van der Waals surface area (Å²) in [4.78, 5) is 5.03. The molecule has 24 heavy (non-hydrogen) atoms. The van der Waals surface area contributed by atoms with Crippen molar-refractivity contribution in [2.45, 2.75) is 39.5 Å². The topological polar surface area (TPSA) is 22.1 Å². The molecule has 3 aromatic rings.